The Kier molecular flexibility index (Phi) is 7.40. The first kappa shape index (κ1) is 23.6. The number of carbonyl (C=O) groups is 1. The Hall–Kier alpha value is -3.06. The number of carbonyl (C=O) groups excluding carboxylic acids is 1. The standard InChI is InChI=1S/C25H32N2O5/c1-6-7-18-14-19-21(24(28)27(18)12-13-30-4)20(22(23(26)32-19)25(29)31-5)17-10-8-16(9-11-17)15(2)3/h8-11,14-15,20H,6-7,12-13,26H2,1-5H3. The Balaban J connectivity index is 2.27. The molecule has 0 saturated carbocycles. The minimum absolute atomic E-state index is 0.0428. The number of benzene rings is 1. The highest BCUT2D eigenvalue weighted by atomic mass is 16.5. The van der Waals surface area contributed by atoms with Gasteiger partial charge < -0.3 is 24.5 Å². The fraction of sp³-hybridized carbons (Fsp3) is 0.440. The van der Waals surface area contributed by atoms with Gasteiger partial charge in [0.15, 0.2) is 0 Å². The average Bonchev–Trinajstić information content (AvgIpc) is 2.77. The SMILES string of the molecule is CCCc1cc2c(c(=O)n1CCOC)C(c1ccc(C(C)C)cc1)C(C(=O)OC)=C(N)O2. The van der Waals surface area contributed by atoms with E-state index in [4.69, 9.17) is 19.9 Å². The quantitative estimate of drug-likeness (QED) is 0.632. The molecule has 0 amide bonds. The van der Waals surface area contributed by atoms with Crippen molar-refractivity contribution in [1.82, 2.24) is 4.57 Å². The topological polar surface area (TPSA) is 92.8 Å². The van der Waals surface area contributed by atoms with E-state index < -0.39 is 11.9 Å². The molecule has 1 aromatic carbocycles. The molecule has 2 heterocycles. The summed E-state index contributed by atoms with van der Waals surface area (Å²) in [6.45, 7) is 7.07. The number of fused-ring (bicyclic) bond motifs is 1. The Labute approximate surface area is 188 Å². The molecule has 1 aliphatic rings. The Morgan fingerprint density at radius 2 is 1.91 bits per heavy atom. The molecule has 1 unspecified atom stereocenters. The third-order valence-corrected chi connectivity index (χ3v) is 5.82. The first-order valence-corrected chi connectivity index (χ1v) is 10.9. The highest BCUT2D eigenvalue weighted by Gasteiger charge is 2.38. The van der Waals surface area contributed by atoms with Crippen LogP contribution in [0, 0.1) is 0 Å². The molecule has 0 radical (unpaired) electrons. The Morgan fingerprint density at radius 1 is 1.22 bits per heavy atom. The summed E-state index contributed by atoms with van der Waals surface area (Å²) >= 11 is 0. The molecule has 32 heavy (non-hydrogen) atoms. The number of pyridine rings is 1. The van der Waals surface area contributed by atoms with Crippen molar-refractivity contribution in [2.45, 2.75) is 52.0 Å². The molecule has 7 heteroatoms. The van der Waals surface area contributed by atoms with Gasteiger partial charge in [0.25, 0.3) is 5.56 Å². The molecular weight excluding hydrogens is 408 g/mol. The summed E-state index contributed by atoms with van der Waals surface area (Å²) in [5.41, 5.74) is 9.28. The molecule has 172 valence electrons. The maximum absolute atomic E-state index is 13.7. The van der Waals surface area contributed by atoms with Crippen molar-refractivity contribution >= 4 is 5.97 Å². The van der Waals surface area contributed by atoms with Gasteiger partial charge in [-0.3, -0.25) is 4.79 Å². The molecule has 0 saturated heterocycles. The van der Waals surface area contributed by atoms with Gasteiger partial charge in [-0.15, -0.1) is 0 Å². The largest absolute Gasteiger partial charge is 0.465 e. The van der Waals surface area contributed by atoms with E-state index in [1.807, 2.05) is 37.3 Å². The predicted molar refractivity (Wildman–Crippen MR) is 123 cm³/mol. The van der Waals surface area contributed by atoms with E-state index >= 15 is 0 Å². The number of nitrogens with two attached hydrogens (primary N) is 1. The van der Waals surface area contributed by atoms with Gasteiger partial charge in [0.1, 0.15) is 11.3 Å². The Bertz CT molecular complexity index is 1070. The number of nitrogens with zero attached hydrogens (tertiary/aromatic N) is 1. The van der Waals surface area contributed by atoms with E-state index in [0.717, 1.165) is 23.2 Å². The van der Waals surface area contributed by atoms with Gasteiger partial charge in [0.05, 0.1) is 25.2 Å². The number of rotatable bonds is 8. The third-order valence-electron chi connectivity index (χ3n) is 5.82. The van der Waals surface area contributed by atoms with Crippen LogP contribution >= 0.6 is 0 Å². The molecule has 1 atom stereocenters. The van der Waals surface area contributed by atoms with Crippen molar-refractivity contribution in [1.29, 1.82) is 0 Å². The molecule has 2 N–H and O–H groups in total. The highest BCUT2D eigenvalue weighted by Crippen LogP contribution is 2.41. The van der Waals surface area contributed by atoms with Gasteiger partial charge in [-0.1, -0.05) is 51.5 Å². The molecule has 0 spiro atoms. The lowest BCUT2D eigenvalue weighted by Crippen LogP contribution is -2.36. The summed E-state index contributed by atoms with van der Waals surface area (Å²) in [4.78, 5) is 26.5. The van der Waals surface area contributed by atoms with Crippen LogP contribution in [0.1, 0.15) is 61.4 Å². The number of methoxy groups -OCH3 is 2. The van der Waals surface area contributed by atoms with Crippen LogP contribution in [-0.2, 0) is 27.2 Å². The lowest BCUT2D eigenvalue weighted by Gasteiger charge is -2.29. The first-order valence-electron chi connectivity index (χ1n) is 10.9. The molecule has 0 fully saturated rings. The van der Waals surface area contributed by atoms with Gasteiger partial charge in [0.2, 0.25) is 5.88 Å². The smallest absolute Gasteiger partial charge is 0.340 e. The molecular formula is C25H32N2O5. The fourth-order valence-electron chi connectivity index (χ4n) is 4.12. The van der Waals surface area contributed by atoms with E-state index in [1.165, 1.54) is 7.11 Å². The van der Waals surface area contributed by atoms with Crippen molar-refractivity contribution in [3.63, 3.8) is 0 Å². The van der Waals surface area contributed by atoms with Crippen molar-refractivity contribution in [3.05, 3.63) is 74.5 Å². The number of ether oxygens (including phenoxy) is 3. The molecule has 1 aromatic heterocycles. The van der Waals surface area contributed by atoms with Gasteiger partial charge in [-0.05, 0) is 23.5 Å². The monoisotopic (exact) mass is 440 g/mol. The van der Waals surface area contributed by atoms with E-state index in [1.54, 1.807) is 11.7 Å². The molecule has 1 aliphatic heterocycles. The van der Waals surface area contributed by atoms with Crippen LogP contribution in [0.2, 0.25) is 0 Å². The molecule has 3 rings (SSSR count). The van der Waals surface area contributed by atoms with Gasteiger partial charge >= 0.3 is 5.97 Å². The molecule has 2 aromatic rings. The Morgan fingerprint density at radius 3 is 2.47 bits per heavy atom. The van der Waals surface area contributed by atoms with E-state index in [2.05, 4.69) is 13.8 Å². The summed E-state index contributed by atoms with van der Waals surface area (Å²) in [6.07, 6.45) is 1.57. The fourth-order valence-corrected chi connectivity index (χ4v) is 4.12. The highest BCUT2D eigenvalue weighted by molar-refractivity contribution is 5.92. The minimum atomic E-state index is -0.690. The third kappa shape index (κ3) is 4.43. The van der Waals surface area contributed by atoms with Crippen LogP contribution in [0.15, 0.2) is 46.6 Å². The zero-order valence-corrected chi connectivity index (χ0v) is 19.4. The maximum Gasteiger partial charge on any atom is 0.340 e. The number of esters is 1. The van der Waals surface area contributed by atoms with Gasteiger partial charge in [-0.2, -0.15) is 0 Å². The normalized spacial score (nSPS) is 15.5. The lowest BCUT2D eigenvalue weighted by molar-refractivity contribution is -0.136. The van der Waals surface area contributed by atoms with E-state index in [0.29, 0.717) is 36.8 Å². The van der Waals surface area contributed by atoms with Crippen LogP contribution in [-0.4, -0.2) is 31.4 Å². The number of aromatic nitrogens is 1. The maximum atomic E-state index is 13.7. The number of hydrogen-bond acceptors (Lipinski definition) is 6. The van der Waals surface area contributed by atoms with Crippen molar-refractivity contribution in [2.75, 3.05) is 20.8 Å². The predicted octanol–water partition coefficient (Wildman–Crippen LogP) is 3.44. The summed E-state index contributed by atoms with van der Waals surface area (Å²) in [6, 6.07) is 9.74. The van der Waals surface area contributed by atoms with Crippen LogP contribution in [0.25, 0.3) is 0 Å². The van der Waals surface area contributed by atoms with Crippen LogP contribution in [0.3, 0.4) is 0 Å². The van der Waals surface area contributed by atoms with Gasteiger partial charge in [-0.25, -0.2) is 4.79 Å². The molecule has 0 bridgehead atoms. The second kappa shape index (κ2) is 10.0. The van der Waals surface area contributed by atoms with Crippen molar-refractivity contribution < 1.29 is 19.0 Å². The molecule has 0 aliphatic carbocycles. The van der Waals surface area contributed by atoms with Crippen LogP contribution in [0.4, 0.5) is 0 Å². The van der Waals surface area contributed by atoms with Crippen LogP contribution < -0.4 is 16.0 Å². The average molecular weight is 441 g/mol. The van der Waals surface area contributed by atoms with Gasteiger partial charge in [0, 0.05) is 25.4 Å². The number of aryl methyl sites for hydroxylation is 1. The summed E-state index contributed by atoms with van der Waals surface area (Å²) in [5.74, 6) is -0.612. The number of hydrogen-bond donors (Lipinski definition) is 1. The van der Waals surface area contributed by atoms with Crippen LogP contribution in [0.5, 0.6) is 5.75 Å². The van der Waals surface area contributed by atoms with E-state index in [-0.39, 0.29) is 17.0 Å². The first-order chi connectivity index (χ1) is 15.3. The van der Waals surface area contributed by atoms with Crippen molar-refractivity contribution in [2.24, 2.45) is 5.73 Å². The molecule has 7 nitrogen and oxygen atoms in total. The zero-order valence-electron chi connectivity index (χ0n) is 19.4. The summed E-state index contributed by atoms with van der Waals surface area (Å²) in [5, 5.41) is 0. The van der Waals surface area contributed by atoms with E-state index in [9.17, 15) is 9.59 Å². The minimum Gasteiger partial charge on any atom is -0.465 e. The zero-order chi connectivity index (χ0) is 23.4. The second-order valence-electron chi connectivity index (χ2n) is 8.24. The van der Waals surface area contributed by atoms with Crippen molar-refractivity contribution in [3.8, 4) is 5.75 Å². The second-order valence-corrected chi connectivity index (χ2v) is 8.24. The lowest BCUT2D eigenvalue weighted by atomic mass is 9.82. The summed E-state index contributed by atoms with van der Waals surface area (Å²) in [7, 11) is 2.89. The summed E-state index contributed by atoms with van der Waals surface area (Å²) < 4.78 is 17.8.